The van der Waals surface area contributed by atoms with Crippen LogP contribution in [-0.4, -0.2) is 12.5 Å². The minimum Gasteiger partial charge on any atom is -0.493 e. The zero-order chi connectivity index (χ0) is 12.6. The van der Waals surface area contributed by atoms with Crippen LogP contribution in [0.3, 0.4) is 0 Å². The molecule has 0 unspecified atom stereocenters. The van der Waals surface area contributed by atoms with Crippen LogP contribution in [0.4, 0.5) is 5.69 Å². The fraction of sp³-hybridized carbons (Fsp3) is 0.429. The van der Waals surface area contributed by atoms with E-state index in [-0.39, 0.29) is 5.91 Å². The van der Waals surface area contributed by atoms with Crippen molar-refractivity contribution in [2.45, 2.75) is 25.7 Å². The number of nitrogens with zero attached hydrogens (tertiary/aromatic N) is 1. The number of hydrogen-bond acceptors (Lipinski definition) is 3. The summed E-state index contributed by atoms with van der Waals surface area (Å²) < 4.78 is 5.41. The Hall–Kier alpha value is -2.02. The van der Waals surface area contributed by atoms with Crippen LogP contribution in [0.5, 0.6) is 5.75 Å². The molecule has 1 amide bonds. The third-order valence-electron chi connectivity index (χ3n) is 3.80. The summed E-state index contributed by atoms with van der Waals surface area (Å²) in [7, 11) is 0. The van der Waals surface area contributed by atoms with Crippen molar-refractivity contribution in [3.8, 4) is 11.8 Å². The Morgan fingerprint density at radius 1 is 1.44 bits per heavy atom. The fourth-order valence-corrected chi connectivity index (χ4v) is 2.44. The minimum absolute atomic E-state index is 0.171. The van der Waals surface area contributed by atoms with Crippen LogP contribution >= 0.6 is 0 Å². The van der Waals surface area contributed by atoms with Crippen molar-refractivity contribution >= 4 is 11.6 Å². The Bertz CT molecular complexity index is 541. The van der Waals surface area contributed by atoms with Crippen LogP contribution in [0, 0.1) is 16.7 Å². The molecule has 0 bridgehead atoms. The monoisotopic (exact) mass is 242 g/mol. The molecule has 1 aromatic rings. The van der Waals surface area contributed by atoms with Crippen molar-refractivity contribution in [2.24, 2.45) is 5.41 Å². The van der Waals surface area contributed by atoms with Crippen LogP contribution < -0.4 is 10.1 Å². The molecule has 1 heterocycles. The number of carbonyl (C=O) groups is 1. The van der Waals surface area contributed by atoms with Gasteiger partial charge in [0.05, 0.1) is 12.7 Å². The van der Waals surface area contributed by atoms with Gasteiger partial charge in [0.15, 0.2) is 0 Å². The van der Waals surface area contributed by atoms with Crippen LogP contribution in [0.1, 0.15) is 24.8 Å². The number of amides is 1. The first-order chi connectivity index (χ1) is 8.73. The number of hydrogen-bond donors (Lipinski definition) is 1. The van der Waals surface area contributed by atoms with Crippen LogP contribution in [-0.2, 0) is 11.2 Å². The Kier molecular flexibility index (Phi) is 2.48. The van der Waals surface area contributed by atoms with Crippen LogP contribution in [0.2, 0.25) is 0 Å². The highest BCUT2D eigenvalue weighted by Crippen LogP contribution is 2.41. The first-order valence-corrected chi connectivity index (χ1v) is 6.22. The molecule has 1 aliphatic heterocycles. The molecular weight excluding hydrogens is 228 g/mol. The maximum Gasteiger partial charge on any atom is 0.244 e. The topological polar surface area (TPSA) is 62.1 Å². The zero-order valence-electron chi connectivity index (χ0n) is 10.0. The molecular formula is C14H14N2O2. The van der Waals surface area contributed by atoms with Crippen molar-refractivity contribution < 1.29 is 9.53 Å². The van der Waals surface area contributed by atoms with Crippen molar-refractivity contribution in [3.05, 3.63) is 23.8 Å². The van der Waals surface area contributed by atoms with Crippen LogP contribution in [0.15, 0.2) is 18.2 Å². The van der Waals surface area contributed by atoms with Gasteiger partial charge in [-0.3, -0.25) is 4.79 Å². The van der Waals surface area contributed by atoms with Crippen LogP contribution in [0.25, 0.3) is 0 Å². The Morgan fingerprint density at radius 3 is 2.94 bits per heavy atom. The van der Waals surface area contributed by atoms with E-state index in [4.69, 9.17) is 10.00 Å². The van der Waals surface area contributed by atoms with E-state index in [1.165, 1.54) is 0 Å². The van der Waals surface area contributed by atoms with Gasteiger partial charge >= 0.3 is 0 Å². The highest BCUT2D eigenvalue weighted by atomic mass is 16.5. The molecule has 0 radical (unpaired) electrons. The lowest BCUT2D eigenvalue weighted by molar-refractivity contribution is -0.126. The molecule has 1 fully saturated rings. The summed E-state index contributed by atoms with van der Waals surface area (Å²) in [4.78, 5) is 12.1. The number of fused-ring (bicyclic) bond motifs is 1. The molecule has 92 valence electrons. The van der Waals surface area contributed by atoms with E-state index in [9.17, 15) is 4.79 Å². The number of carbonyl (C=O) groups excluding carboxylic acids is 1. The third-order valence-corrected chi connectivity index (χ3v) is 3.80. The molecule has 1 N–H and O–H groups in total. The van der Waals surface area contributed by atoms with E-state index >= 15 is 0 Å². The molecule has 0 atom stereocenters. The summed E-state index contributed by atoms with van der Waals surface area (Å²) in [6, 6.07) is 7.78. The quantitative estimate of drug-likeness (QED) is 0.865. The predicted molar refractivity (Wildman–Crippen MR) is 66.2 cm³/mol. The summed E-state index contributed by atoms with van der Waals surface area (Å²) in [6.07, 6.45) is 3.17. The number of nitrogens with one attached hydrogen (secondary N) is 1. The van der Waals surface area contributed by atoms with E-state index in [0.29, 0.717) is 19.4 Å². The van der Waals surface area contributed by atoms with E-state index < -0.39 is 5.41 Å². The highest BCUT2D eigenvalue weighted by molar-refractivity contribution is 5.98. The average Bonchev–Trinajstić information content (AvgIpc) is 2.75. The maximum absolute atomic E-state index is 12.1. The van der Waals surface area contributed by atoms with Gasteiger partial charge in [-0.25, -0.2) is 0 Å². The first-order valence-electron chi connectivity index (χ1n) is 6.22. The van der Waals surface area contributed by atoms with E-state index in [2.05, 4.69) is 11.4 Å². The van der Waals surface area contributed by atoms with E-state index in [1.807, 2.05) is 18.2 Å². The number of ether oxygens (including phenoxy) is 1. The number of anilines is 1. The lowest BCUT2D eigenvalue weighted by Crippen LogP contribution is -2.40. The second-order valence-corrected chi connectivity index (χ2v) is 4.92. The van der Waals surface area contributed by atoms with Crippen molar-refractivity contribution in [3.63, 3.8) is 0 Å². The number of rotatable bonds is 2. The Labute approximate surface area is 106 Å². The zero-order valence-corrected chi connectivity index (χ0v) is 10.0. The van der Waals surface area contributed by atoms with Gasteiger partial charge < -0.3 is 10.1 Å². The van der Waals surface area contributed by atoms with Gasteiger partial charge in [-0.15, -0.1) is 0 Å². The molecule has 3 rings (SSSR count). The van der Waals surface area contributed by atoms with Gasteiger partial charge in [0.2, 0.25) is 5.91 Å². The molecule has 0 aromatic heterocycles. The molecule has 0 saturated heterocycles. The van der Waals surface area contributed by atoms with Gasteiger partial charge in [-0.05, 0) is 43.0 Å². The normalized spacial score (nSPS) is 19.1. The SMILES string of the molecule is N#CC1(C(=O)Nc2ccc3c(c2)CCO3)CCC1. The van der Waals surface area contributed by atoms with Crippen molar-refractivity contribution in [1.29, 1.82) is 5.26 Å². The van der Waals surface area contributed by atoms with Gasteiger partial charge in [0.25, 0.3) is 0 Å². The minimum atomic E-state index is -0.796. The molecule has 1 aliphatic carbocycles. The second kappa shape index (κ2) is 4.02. The predicted octanol–water partition coefficient (Wildman–Crippen LogP) is 2.25. The smallest absolute Gasteiger partial charge is 0.244 e. The first kappa shape index (κ1) is 11.1. The molecule has 4 nitrogen and oxygen atoms in total. The number of nitriles is 1. The third kappa shape index (κ3) is 1.63. The molecule has 1 aromatic carbocycles. The molecule has 0 spiro atoms. The van der Waals surface area contributed by atoms with Gasteiger partial charge in [0.1, 0.15) is 11.2 Å². The summed E-state index contributed by atoms with van der Waals surface area (Å²) in [5.74, 6) is 0.724. The summed E-state index contributed by atoms with van der Waals surface area (Å²) >= 11 is 0. The van der Waals surface area contributed by atoms with E-state index in [1.54, 1.807) is 0 Å². The fourth-order valence-electron chi connectivity index (χ4n) is 2.44. The average molecular weight is 242 g/mol. The molecule has 18 heavy (non-hydrogen) atoms. The van der Waals surface area contributed by atoms with E-state index in [0.717, 1.165) is 29.8 Å². The summed E-state index contributed by atoms with van der Waals surface area (Å²) in [5.41, 5.74) is 1.08. The number of benzene rings is 1. The lowest BCUT2D eigenvalue weighted by Gasteiger charge is -2.33. The van der Waals surface area contributed by atoms with Crippen molar-refractivity contribution in [1.82, 2.24) is 0 Å². The summed E-state index contributed by atoms with van der Waals surface area (Å²) in [6.45, 7) is 0.703. The van der Waals surface area contributed by atoms with Gasteiger partial charge in [0, 0.05) is 12.1 Å². The summed E-state index contributed by atoms with van der Waals surface area (Å²) in [5, 5.41) is 12.0. The molecule has 4 heteroatoms. The standard InChI is InChI=1S/C14H14N2O2/c15-9-14(5-1-6-14)13(17)16-11-2-3-12-10(8-11)4-7-18-12/h2-3,8H,1,4-7H2,(H,16,17). The molecule has 1 saturated carbocycles. The van der Waals surface area contributed by atoms with Gasteiger partial charge in [-0.1, -0.05) is 0 Å². The maximum atomic E-state index is 12.1. The highest BCUT2D eigenvalue weighted by Gasteiger charge is 2.44. The lowest BCUT2D eigenvalue weighted by atomic mass is 9.69. The Balaban J connectivity index is 1.77. The van der Waals surface area contributed by atoms with Gasteiger partial charge in [-0.2, -0.15) is 5.26 Å². The Morgan fingerprint density at radius 2 is 2.28 bits per heavy atom. The van der Waals surface area contributed by atoms with Crippen molar-refractivity contribution in [2.75, 3.05) is 11.9 Å². The second-order valence-electron chi connectivity index (χ2n) is 4.92. The largest absolute Gasteiger partial charge is 0.493 e. The molecule has 2 aliphatic rings.